The average Bonchev–Trinajstić information content (AvgIpc) is 2.88. The first-order valence-corrected chi connectivity index (χ1v) is 5.43. The molecule has 0 aliphatic carbocycles. The molecule has 2 aliphatic heterocycles. The van der Waals surface area contributed by atoms with Crippen molar-refractivity contribution in [3.63, 3.8) is 0 Å². The third-order valence-electron chi connectivity index (χ3n) is 3.21. The van der Waals surface area contributed by atoms with Gasteiger partial charge in [0.25, 0.3) is 0 Å². The van der Waals surface area contributed by atoms with Crippen molar-refractivity contribution in [2.45, 2.75) is 25.3 Å². The van der Waals surface area contributed by atoms with E-state index in [4.69, 9.17) is 5.11 Å². The second kappa shape index (κ2) is 4.18. The van der Waals surface area contributed by atoms with Gasteiger partial charge in [0.05, 0.1) is 12.0 Å². The summed E-state index contributed by atoms with van der Waals surface area (Å²) in [5.74, 6) is -1.07. The molecule has 2 aliphatic rings. The molecule has 84 valence electrons. The third-order valence-corrected chi connectivity index (χ3v) is 3.21. The van der Waals surface area contributed by atoms with Gasteiger partial charge >= 0.3 is 5.97 Å². The van der Waals surface area contributed by atoms with Crippen molar-refractivity contribution in [3.8, 4) is 0 Å². The molecule has 2 atom stereocenters. The molecule has 0 radical (unpaired) electrons. The van der Waals surface area contributed by atoms with Crippen LogP contribution in [0.3, 0.4) is 0 Å². The first-order valence-electron chi connectivity index (χ1n) is 5.43. The van der Waals surface area contributed by atoms with Gasteiger partial charge in [0, 0.05) is 13.1 Å². The molecule has 2 N–H and O–H groups in total. The minimum absolute atomic E-state index is 0.0717. The number of carboxylic acids is 1. The van der Waals surface area contributed by atoms with E-state index in [2.05, 4.69) is 5.32 Å². The van der Waals surface area contributed by atoms with Crippen molar-refractivity contribution in [1.82, 2.24) is 10.2 Å². The lowest BCUT2D eigenvalue weighted by Crippen LogP contribution is -2.42. The van der Waals surface area contributed by atoms with Gasteiger partial charge in [-0.2, -0.15) is 0 Å². The van der Waals surface area contributed by atoms with Crippen molar-refractivity contribution < 1.29 is 14.7 Å². The first kappa shape index (κ1) is 10.4. The van der Waals surface area contributed by atoms with E-state index in [9.17, 15) is 9.59 Å². The summed E-state index contributed by atoms with van der Waals surface area (Å²) in [6.45, 7) is 1.87. The second-order valence-electron chi connectivity index (χ2n) is 4.26. The Balaban J connectivity index is 1.89. The highest BCUT2D eigenvalue weighted by molar-refractivity contribution is 5.83. The molecule has 0 aromatic carbocycles. The summed E-state index contributed by atoms with van der Waals surface area (Å²) in [4.78, 5) is 24.3. The summed E-state index contributed by atoms with van der Waals surface area (Å²) >= 11 is 0. The molecule has 2 rings (SSSR count). The summed E-state index contributed by atoms with van der Waals surface area (Å²) < 4.78 is 0. The lowest BCUT2D eigenvalue weighted by molar-refractivity contribution is -0.141. The van der Waals surface area contributed by atoms with Crippen molar-refractivity contribution >= 4 is 11.9 Å². The van der Waals surface area contributed by atoms with Crippen LogP contribution in [0.25, 0.3) is 0 Å². The Morgan fingerprint density at radius 1 is 1.33 bits per heavy atom. The molecule has 0 spiro atoms. The number of rotatable bonds is 2. The Morgan fingerprint density at radius 2 is 2.13 bits per heavy atom. The molecule has 2 fully saturated rings. The zero-order valence-corrected chi connectivity index (χ0v) is 8.61. The first-order chi connectivity index (χ1) is 7.18. The summed E-state index contributed by atoms with van der Waals surface area (Å²) in [6.07, 6.45) is 2.51. The molecule has 0 unspecified atom stereocenters. The minimum atomic E-state index is -0.787. The summed E-state index contributed by atoms with van der Waals surface area (Å²) in [7, 11) is 0. The third kappa shape index (κ3) is 2.12. The Hall–Kier alpha value is -1.10. The molecule has 0 aromatic rings. The molecule has 15 heavy (non-hydrogen) atoms. The van der Waals surface area contributed by atoms with Gasteiger partial charge in [0.15, 0.2) is 0 Å². The average molecular weight is 212 g/mol. The SMILES string of the molecule is O=C(O)[C@H]1CCN(C(=O)[C@H]2CCCN2)C1. The predicted octanol–water partition coefficient (Wildman–Crippen LogP) is -0.329. The lowest BCUT2D eigenvalue weighted by atomic mass is 10.1. The van der Waals surface area contributed by atoms with Gasteiger partial charge in [0.1, 0.15) is 0 Å². The number of nitrogens with zero attached hydrogens (tertiary/aromatic N) is 1. The van der Waals surface area contributed by atoms with Gasteiger partial charge in [-0.25, -0.2) is 0 Å². The number of likely N-dealkylation sites (tertiary alicyclic amines) is 1. The molecule has 1 amide bonds. The summed E-state index contributed by atoms with van der Waals surface area (Å²) in [5.41, 5.74) is 0. The number of aliphatic carboxylic acids is 1. The van der Waals surface area contributed by atoms with E-state index in [1.54, 1.807) is 4.90 Å². The fourth-order valence-electron chi connectivity index (χ4n) is 2.28. The van der Waals surface area contributed by atoms with E-state index in [1.807, 2.05) is 0 Å². The lowest BCUT2D eigenvalue weighted by Gasteiger charge is -2.20. The second-order valence-corrected chi connectivity index (χ2v) is 4.26. The number of hydrogen-bond donors (Lipinski definition) is 2. The minimum Gasteiger partial charge on any atom is -0.481 e. The van der Waals surface area contributed by atoms with Crippen molar-refractivity contribution in [2.24, 2.45) is 5.92 Å². The van der Waals surface area contributed by atoms with Gasteiger partial charge in [-0.3, -0.25) is 9.59 Å². The van der Waals surface area contributed by atoms with Crippen LogP contribution in [0, 0.1) is 5.92 Å². The Kier molecular flexibility index (Phi) is 2.90. The number of amides is 1. The fourth-order valence-corrected chi connectivity index (χ4v) is 2.28. The van der Waals surface area contributed by atoms with Crippen LogP contribution in [0.2, 0.25) is 0 Å². The number of nitrogens with one attached hydrogen (secondary N) is 1. The predicted molar refractivity (Wildman–Crippen MR) is 53.3 cm³/mol. The molecule has 5 nitrogen and oxygen atoms in total. The fraction of sp³-hybridized carbons (Fsp3) is 0.800. The smallest absolute Gasteiger partial charge is 0.308 e. The highest BCUT2D eigenvalue weighted by Crippen LogP contribution is 2.19. The maximum atomic E-state index is 11.9. The Bertz CT molecular complexity index is 274. The largest absolute Gasteiger partial charge is 0.481 e. The van der Waals surface area contributed by atoms with E-state index in [-0.39, 0.29) is 17.9 Å². The highest BCUT2D eigenvalue weighted by atomic mass is 16.4. The van der Waals surface area contributed by atoms with Gasteiger partial charge < -0.3 is 15.3 Å². The van der Waals surface area contributed by atoms with Crippen LogP contribution in [0.5, 0.6) is 0 Å². The van der Waals surface area contributed by atoms with Crippen LogP contribution in [0.1, 0.15) is 19.3 Å². The van der Waals surface area contributed by atoms with Gasteiger partial charge in [-0.1, -0.05) is 0 Å². The van der Waals surface area contributed by atoms with Crippen LogP contribution in [-0.4, -0.2) is 47.6 Å². The number of carboxylic acid groups (broad SMARTS) is 1. The van der Waals surface area contributed by atoms with Gasteiger partial charge in [-0.15, -0.1) is 0 Å². The van der Waals surface area contributed by atoms with Crippen LogP contribution < -0.4 is 5.32 Å². The molecule has 5 heteroatoms. The molecule has 0 saturated carbocycles. The summed E-state index contributed by atoms with van der Waals surface area (Å²) in [5, 5.41) is 12.0. The molecule has 0 bridgehead atoms. The zero-order valence-electron chi connectivity index (χ0n) is 8.61. The van der Waals surface area contributed by atoms with Crippen molar-refractivity contribution in [1.29, 1.82) is 0 Å². The van der Waals surface area contributed by atoms with E-state index in [0.717, 1.165) is 19.4 Å². The van der Waals surface area contributed by atoms with E-state index >= 15 is 0 Å². The van der Waals surface area contributed by atoms with Crippen molar-refractivity contribution in [3.05, 3.63) is 0 Å². The van der Waals surface area contributed by atoms with Crippen LogP contribution in [0.15, 0.2) is 0 Å². The van der Waals surface area contributed by atoms with Gasteiger partial charge in [-0.05, 0) is 25.8 Å². The summed E-state index contributed by atoms with van der Waals surface area (Å²) in [6, 6.07) is -0.0717. The topological polar surface area (TPSA) is 69.6 Å². The van der Waals surface area contributed by atoms with Crippen LogP contribution >= 0.6 is 0 Å². The standard InChI is InChI=1S/C10H16N2O3/c13-9(8-2-1-4-11-8)12-5-3-7(6-12)10(14)15/h7-8,11H,1-6H2,(H,14,15)/t7-,8+/m0/s1. The zero-order chi connectivity index (χ0) is 10.8. The maximum absolute atomic E-state index is 11.9. The Labute approximate surface area is 88.4 Å². The molecular weight excluding hydrogens is 196 g/mol. The van der Waals surface area contributed by atoms with Gasteiger partial charge in [0.2, 0.25) is 5.91 Å². The van der Waals surface area contributed by atoms with Crippen LogP contribution in [-0.2, 0) is 9.59 Å². The van der Waals surface area contributed by atoms with Crippen molar-refractivity contribution in [2.75, 3.05) is 19.6 Å². The van der Waals surface area contributed by atoms with E-state index < -0.39 is 5.97 Å². The number of hydrogen-bond acceptors (Lipinski definition) is 3. The van der Waals surface area contributed by atoms with E-state index in [0.29, 0.717) is 19.5 Å². The molecular formula is C10H16N2O3. The Morgan fingerprint density at radius 3 is 2.67 bits per heavy atom. The monoisotopic (exact) mass is 212 g/mol. The van der Waals surface area contributed by atoms with Crippen LogP contribution in [0.4, 0.5) is 0 Å². The normalized spacial score (nSPS) is 30.8. The molecule has 0 aromatic heterocycles. The molecule has 2 saturated heterocycles. The quantitative estimate of drug-likeness (QED) is 0.657. The molecule has 2 heterocycles. The highest BCUT2D eigenvalue weighted by Gasteiger charge is 2.34. The van der Waals surface area contributed by atoms with E-state index in [1.165, 1.54) is 0 Å². The number of carbonyl (C=O) groups is 2. The number of carbonyl (C=O) groups excluding carboxylic acids is 1. The maximum Gasteiger partial charge on any atom is 0.308 e.